The van der Waals surface area contributed by atoms with Gasteiger partial charge >= 0.3 is 10.3 Å². The Bertz CT molecular complexity index is 369. The van der Waals surface area contributed by atoms with Crippen LogP contribution in [0, 0.1) is 6.92 Å². The summed E-state index contributed by atoms with van der Waals surface area (Å²) in [5, 5.41) is 0. The van der Waals surface area contributed by atoms with E-state index in [9.17, 15) is 8.42 Å². The molecule has 0 fully saturated rings. The molecule has 0 bridgehead atoms. The summed E-state index contributed by atoms with van der Waals surface area (Å²) < 4.78 is 28.6. The van der Waals surface area contributed by atoms with E-state index in [0.717, 1.165) is 5.56 Å². The Hall–Kier alpha value is -1.07. The minimum absolute atomic E-state index is 0.306. The Morgan fingerprint density at radius 3 is 2.23 bits per heavy atom. The SMILES string of the molecule is CNS(=O)(=O)Oc1ccc(C)cc1. The first-order valence-electron chi connectivity index (χ1n) is 3.73. The van der Waals surface area contributed by atoms with Crippen LogP contribution in [0.5, 0.6) is 5.75 Å². The van der Waals surface area contributed by atoms with Crippen molar-refractivity contribution in [2.24, 2.45) is 0 Å². The summed E-state index contributed by atoms with van der Waals surface area (Å²) in [7, 11) is -2.34. The van der Waals surface area contributed by atoms with Crippen LogP contribution in [-0.4, -0.2) is 15.5 Å². The van der Waals surface area contributed by atoms with Crippen molar-refractivity contribution in [3.63, 3.8) is 0 Å². The third kappa shape index (κ3) is 3.04. The summed E-state index contributed by atoms with van der Waals surface area (Å²) in [5.41, 5.74) is 1.05. The lowest BCUT2D eigenvalue weighted by Crippen LogP contribution is -2.24. The van der Waals surface area contributed by atoms with Crippen molar-refractivity contribution in [3.8, 4) is 5.75 Å². The minimum Gasteiger partial charge on any atom is -0.371 e. The van der Waals surface area contributed by atoms with Gasteiger partial charge in [-0.25, -0.2) is 0 Å². The highest BCUT2D eigenvalue weighted by molar-refractivity contribution is 7.85. The fourth-order valence-electron chi connectivity index (χ4n) is 0.762. The summed E-state index contributed by atoms with van der Waals surface area (Å²) in [5.74, 6) is 0.306. The fraction of sp³-hybridized carbons (Fsp3) is 0.250. The van der Waals surface area contributed by atoms with Gasteiger partial charge in [-0.05, 0) is 19.1 Å². The highest BCUT2D eigenvalue weighted by Gasteiger charge is 2.07. The van der Waals surface area contributed by atoms with Crippen LogP contribution in [0.25, 0.3) is 0 Å². The molecule has 0 atom stereocenters. The Morgan fingerprint density at radius 1 is 1.23 bits per heavy atom. The number of aryl methyl sites for hydroxylation is 1. The van der Waals surface area contributed by atoms with Crippen molar-refractivity contribution in [2.45, 2.75) is 6.92 Å². The predicted octanol–water partition coefficient (Wildman–Crippen LogP) is 0.838. The van der Waals surface area contributed by atoms with Gasteiger partial charge in [0.1, 0.15) is 5.75 Å². The van der Waals surface area contributed by atoms with E-state index in [-0.39, 0.29) is 0 Å². The van der Waals surface area contributed by atoms with Crippen LogP contribution in [0.3, 0.4) is 0 Å². The number of nitrogens with one attached hydrogen (secondary N) is 1. The van der Waals surface area contributed by atoms with Gasteiger partial charge < -0.3 is 4.18 Å². The van der Waals surface area contributed by atoms with Crippen LogP contribution in [0.15, 0.2) is 24.3 Å². The lowest BCUT2D eigenvalue weighted by Gasteiger charge is -2.04. The molecule has 72 valence electrons. The Morgan fingerprint density at radius 2 is 1.77 bits per heavy atom. The molecule has 0 amide bonds. The number of rotatable bonds is 3. The predicted molar refractivity (Wildman–Crippen MR) is 49.8 cm³/mol. The van der Waals surface area contributed by atoms with E-state index < -0.39 is 10.3 Å². The minimum atomic E-state index is -3.64. The van der Waals surface area contributed by atoms with Crippen molar-refractivity contribution in [2.75, 3.05) is 7.05 Å². The number of hydrogen-bond acceptors (Lipinski definition) is 3. The number of benzene rings is 1. The van der Waals surface area contributed by atoms with E-state index in [0.29, 0.717) is 5.75 Å². The molecule has 4 nitrogen and oxygen atoms in total. The molecule has 1 N–H and O–H groups in total. The molecule has 0 aliphatic carbocycles. The summed E-state index contributed by atoms with van der Waals surface area (Å²) in [6.45, 7) is 1.91. The molecule has 0 saturated carbocycles. The molecule has 0 saturated heterocycles. The molecule has 5 heteroatoms. The normalized spacial score (nSPS) is 11.2. The van der Waals surface area contributed by atoms with Crippen molar-refractivity contribution >= 4 is 10.3 Å². The molecule has 1 aromatic carbocycles. The van der Waals surface area contributed by atoms with Crippen molar-refractivity contribution in [3.05, 3.63) is 29.8 Å². The summed E-state index contributed by atoms with van der Waals surface area (Å²) in [6, 6.07) is 6.76. The first-order chi connectivity index (χ1) is 6.03. The van der Waals surface area contributed by atoms with Crippen LogP contribution in [0.1, 0.15) is 5.56 Å². The van der Waals surface area contributed by atoms with Gasteiger partial charge in [0.15, 0.2) is 0 Å². The van der Waals surface area contributed by atoms with E-state index in [1.54, 1.807) is 24.3 Å². The molecule has 0 unspecified atom stereocenters. The monoisotopic (exact) mass is 201 g/mol. The van der Waals surface area contributed by atoms with Crippen LogP contribution in [-0.2, 0) is 10.3 Å². The standard InChI is InChI=1S/C8H11NO3S/c1-7-3-5-8(6-4-7)12-13(10,11)9-2/h3-6,9H,1-2H3. The highest BCUT2D eigenvalue weighted by Crippen LogP contribution is 2.12. The van der Waals surface area contributed by atoms with Crippen LogP contribution in [0.4, 0.5) is 0 Å². The van der Waals surface area contributed by atoms with Gasteiger partial charge in [-0.1, -0.05) is 17.7 Å². The topological polar surface area (TPSA) is 55.4 Å². The van der Waals surface area contributed by atoms with E-state index >= 15 is 0 Å². The summed E-state index contributed by atoms with van der Waals surface area (Å²) in [6.07, 6.45) is 0. The molecular weight excluding hydrogens is 190 g/mol. The number of hydrogen-bond donors (Lipinski definition) is 1. The van der Waals surface area contributed by atoms with Crippen LogP contribution < -0.4 is 8.91 Å². The third-order valence-corrected chi connectivity index (χ3v) is 2.39. The molecular formula is C8H11NO3S. The van der Waals surface area contributed by atoms with Gasteiger partial charge in [-0.2, -0.15) is 13.1 Å². The van der Waals surface area contributed by atoms with Gasteiger partial charge in [-0.3, -0.25) is 0 Å². The molecule has 0 heterocycles. The van der Waals surface area contributed by atoms with Crippen molar-refractivity contribution < 1.29 is 12.6 Å². The zero-order valence-corrected chi connectivity index (χ0v) is 8.26. The second kappa shape index (κ2) is 3.76. The largest absolute Gasteiger partial charge is 0.382 e. The first-order valence-corrected chi connectivity index (χ1v) is 5.14. The van der Waals surface area contributed by atoms with Gasteiger partial charge in [0.05, 0.1) is 0 Å². The van der Waals surface area contributed by atoms with Gasteiger partial charge in [0, 0.05) is 7.05 Å². The molecule has 1 rings (SSSR count). The van der Waals surface area contributed by atoms with E-state index in [1.165, 1.54) is 7.05 Å². The van der Waals surface area contributed by atoms with E-state index in [4.69, 9.17) is 0 Å². The highest BCUT2D eigenvalue weighted by atomic mass is 32.2. The maximum Gasteiger partial charge on any atom is 0.382 e. The van der Waals surface area contributed by atoms with E-state index in [2.05, 4.69) is 8.91 Å². The Kier molecular flexibility index (Phi) is 2.90. The summed E-state index contributed by atoms with van der Waals surface area (Å²) >= 11 is 0. The third-order valence-electron chi connectivity index (χ3n) is 1.48. The van der Waals surface area contributed by atoms with Crippen molar-refractivity contribution in [1.82, 2.24) is 4.72 Å². The lowest BCUT2D eigenvalue weighted by molar-refractivity contribution is 0.477. The zero-order valence-electron chi connectivity index (χ0n) is 7.44. The Labute approximate surface area is 77.8 Å². The van der Waals surface area contributed by atoms with Crippen molar-refractivity contribution in [1.29, 1.82) is 0 Å². The van der Waals surface area contributed by atoms with Crippen LogP contribution >= 0.6 is 0 Å². The molecule has 13 heavy (non-hydrogen) atoms. The zero-order chi connectivity index (χ0) is 9.90. The van der Waals surface area contributed by atoms with Gasteiger partial charge in [-0.15, -0.1) is 0 Å². The first kappa shape index (κ1) is 10.0. The van der Waals surface area contributed by atoms with Gasteiger partial charge in [0.2, 0.25) is 0 Å². The fourth-order valence-corrected chi connectivity index (χ4v) is 1.21. The molecule has 0 aliphatic rings. The Balaban J connectivity index is 2.82. The average molecular weight is 201 g/mol. The molecule has 0 aliphatic heterocycles. The maximum atomic E-state index is 10.9. The second-order valence-electron chi connectivity index (χ2n) is 2.55. The smallest absolute Gasteiger partial charge is 0.371 e. The average Bonchev–Trinajstić information content (AvgIpc) is 2.09. The lowest BCUT2D eigenvalue weighted by atomic mass is 10.2. The van der Waals surface area contributed by atoms with E-state index in [1.807, 2.05) is 6.92 Å². The van der Waals surface area contributed by atoms with Crippen LogP contribution in [0.2, 0.25) is 0 Å². The summed E-state index contributed by atoms with van der Waals surface area (Å²) in [4.78, 5) is 0. The van der Waals surface area contributed by atoms with Gasteiger partial charge in [0.25, 0.3) is 0 Å². The maximum absolute atomic E-state index is 10.9. The quantitative estimate of drug-likeness (QED) is 0.788. The molecule has 0 spiro atoms. The second-order valence-corrected chi connectivity index (χ2v) is 4.04. The molecule has 0 radical (unpaired) electrons. The molecule has 0 aromatic heterocycles. The molecule has 1 aromatic rings.